The number of hydrogen-bond donors (Lipinski definition) is 7. The van der Waals surface area contributed by atoms with Gasteiger partial charge in [0, 0.05) is 0 Å². The average Bonchev–Trinajstić information content (AvgIpc) is 2.62. The van der Waals surface area contributed by atoms with Gasteiger partial charge < -0.3 is 50.2 Å². The van der Waals surface area contributed by atoms with Crippen molar-refractivity contribution < 1.29 is 49.6 Å². The van der Waals surface area contributed by atoms with Crippen LogP contribution in [-0.4, -0.2) is 108 Å². The first-order valence-electron chi connectivity index (χ1n) is 8.23. The molecule has 2 fully saturated rings. The normalized spacial score (nSPS) is 44.9. The van der Waals surface area contributed by atoms with Crippen molar-refractivity contribution in [2.45, 2.75) is 72.1 Å². The lowest BCUT2D eigenvalue weighted by atomic mass is 9.95. The molecule has 0 aliphatic carbocycles. The number of nitrogens with one attached hydrogen (secondary N) is 1. The van der Waals surface area contributed by atoms with Crippen molar-refractivity contribution in [3.05, 3.63) is 0 Å². The van der Waals surface area contributed by atoms with Crippen LogP contribution in [-0.2, 0) is 19.0 Å². The van der Waals surface area contributed by atoms with E-state index < -0.39 is 77.7 Å². The Labute approximate surface area is 174 Å². The molecule has 164 valence electrons. The van der Waals surface area contributed by atoms with E-state index in [1.807, 2.05) is 0 Å². The Morgan fingerprint density at radius 1 is 1.04 bits per heavy atom. The molecular formula is C14H22Cl3NO10. The third kappa shape index (κ3) is 5.17. The Morgan fingerprint density at radius 3 is 2.18 bits per heavy atom. The largest absolute Gasteiger partial charge is 0.394 e. The third-order valence-electron chi connectivity index (χ3n) is 4.53. The van der Waals surface area contributed by atoms with Crippen molar-refractivity contribution in [2.75, 3.05) is 6.61 Å². The van der Waals surface area contributed by atoms with Crippen LogP contribution < -0.4 is 5.32 Å². The van der Waals surface area contributed by atoms with Crippen molar-refractivity contribution in [1.29, 1.82) is 0 Å². The number of amides is 1. The summed E-state index contributed by atoms with van der Waals surface area (Å²) >= 11 is 16.5. The Hall–Kier alpha value is -0.0200. The molecule has 2 aliphatic heterocycles. The van der Waals surface area contributed by atoms with E-state index in [0.29, 0.717) is 0 Å². The van der Waals surface area contributed by atoms with Gasteiger partial charge in [0.1, 0.15) is 42.7 Å². The number of carbonyl (C=O) groups excluding carboxylic acids is 1. The molecule has 0 spiro atoms. The number of rotatable bonds is 4. The quantitative estimate of drug-likeness (QED) is 0.211. The summed E-state index contributed by atoms with van der Waals surface area (Å²) < 4.78 is 13.4. The summed E-state index contributed by atoms with van der Waals surface area (Å²) in [5.74, 6) is -1.16. The number of halogens is 3. The van der Waals surface area contributed by atoms with Gasteiger partial charge in [-0.15, -0.1) is 0 Å². The third-order valence-corrected chi connectivity index (χ3v) is 5.04. The summed E-state index contributed by atoms with van der Waals surface area (Å²) in [5, 5.41) is 61.8. The predicted molar refractivity (Wildman–Crippen MR) is 93.4 cm³/mol. The first-order valence-corrected chi connectivity index (χ1v) is 9.37. The number of hydrogen-bond acceptors (Lipinski definition) is 10. The molecule has 0 saturated carbocycles. The van der Waals surface area contributed by atoms with E-state index in [0.717, 1.165) is 0 Å². The van der Waals surface area contributed by atoms with Crippen LogP contribution in [0.2, 0.25) is 0 Å². The highest BCUT2D eigenvalue weighted by Crippen LogP contribution is 2.30. The summed E-state index contributed by atoms with van der Waals surface area (Å²) in [6.07, 6.45) is -13.5. The fourth-order valence-corrected chi connectivity index (χ4v) is 3.08. The zero-order chi connectivity index (χ0) is 21.4. The van der Waals surface area contributed by atoms with Gasteiger partial charge in [0.15, 0.2) is 12.6 Å². The van der Waals surface area contributed by atoms with Gasteiger partial charge in [0.25, 0.3) is 9.70 Å². The van der Waals surface area contributed by atoms with E-state index in [-0.39, 0.29) is 0 Å². The molecule has 2 aliphatic rings. The van der Waals surface area contributed by atoms with Gasteiger partial charge in [0.2, 0.25) is 0 Å². The van der Waals surface area contributed by atoms with Crippen LogP contribution in [0.1, 0.15) is 6.92 Å². The molecule has 2 heterocycles. The van der Waals surface area contributed by atoms with Crippen molar-refractivity contribution in [3.63, 3.8) is 0 Å². The first kappa shape index (κ1) is 24.3. The minimum atomic E-state index is -2.40. The van der Waals surface area contributed by atoms with Crippen LogP contribution in [0.15, 0.2) is 0 Å². The Morgan fingerprint density at radius 2 is 1.64 bits per heavy atom. The molecule has 0 aromatic heterocycles. The lowest BCUT2D eigenvalue weighted by molar-refractivity contribution is -0.337. The molecule has 7 N–H and O–H groups in total. The van der Waals surface area contributed by atoms with Crippen molar-refractivity contribution in [3.8, 4) is 0 Å². The van der Waals surface area contributed by atoms with Crippen molar-refractivity contribution >= 4 is 40.7 Å². The van der Waals surface area contributed by atoms with Gasteiger partial charge in [-0.1, -0.05) is 34.8 Å². The number of carbonyl (C=O) groups is 1. The van der Waals surface area contributed by atoms with Crippen LogP contribution >= 0.6 is 34.8 Å². The van der Waals surface area contributed by atoms with Gasteiger partial charge in [-0.25, -0.2) is 0 Å². The second-order valence-corrected chi connectivity index (χ2v) is 8.80. The zero-order valence-corrected chi connectivity index (χ0v) is 16.7. The molecule has 0 aromatic rings. The maximum absolute atomic E-state index is 12.0. The predicted octanol–water partition coefficient (Wildman–Crippen LogP) is -2.88. The van der Waals surface area contributed by atoms with E-state index in [1.54, 1.807) is 0 Å². The van der Waals surface area contributed by atoms with Gasteiger partial charge in [-0.2, -0.15) is 0 Å². The molecule has 0 bridgehead atoms. The fraction of sp³-hybridized carbons (Fsp3) is 0.929. The topological polar surface area (TPSA) is 178 Å². The Kier molecular flexibility index (Phi) is 8.15. The van der Waals surface area contributed by atoms with Crippen LogP contribution in [0.5, 0.6) is 0 Å². The highest BCUT2D eigenvalue weighted by Gasteiger charge is 2.51. The SMILES string of the molecule is C[C@@H]1O[C@@H](O[C@H]2[C@H](O)[C@@H](CO)OC(O)[C@@H]2NC(=O)C(Cl)(Cl)Cl)[C@H](O)[C@H](O)[C@H]1O. The monoisotopic (exact) mass is 469 g/mol. The van der Waals surface area contributed by atoms with Gasteiger partial charge in [0.05, 0.1) is 12.7 Å². The van der Waals surface area contributed by atoms with Crippen LogP contribution in [0, 0.1) is 0 Å². The maximum Gasteiger partial charge on any atom is 0.272 e. The van der Waals surface area contributed by atoms with Crippen LogP contribution in [0.4, 0.5) is 0 Å². The molecule has 14 heteroatoms. The highest BCUT2D eigenvalue weighted by molar-refractivity contribution is 6.76. The molecule has 0 radical (unpaired) electrons. The number of aliphatic hydroxyl groups is 6. The van der Waals surface area contributed by atoms with E-state index >= 15 is 0 Å². The Balaban J connectivity index is 2.24. The van der Waals surface area contributed by atoms with E-state index in [9.17, 15) is 35.4 Å². The molecule has 2 rings (SSSR count). The summed E-state index contributed by atoms with van der Waals surface area (Å²) in [5.41, 5.74) is 0. The molecule has 1 unspecified atom stereocenters. The van der Waals surface area contributed by atoms with Crippen molar-refractivity contribution in [1.82, 2.24) is 5.32 Å². The highest BCUT2D eigenvalue weighted by atomic mass is 35.6. The lowest BCUT2D eigenvalue weighted by Crippen LogP contribution is -2.68. The van der Waals surface area contributed by atoms with E-state index in [4.69, 9.17) is 49.0 Å². The molecule has 11 nitrogen and oxygen atoms in total. The minimum Gasteiger partial charge on any atom is -0.394 e. The molecular weight excluding hydrogens is 449 g/mol. The van der Waals surface area contributed by atoms with Crippen molar-refractivity contribution in [2.24, 2.45) is 0 Å². The summed E-state index contributed by atoms with van der Waals surface area (Å²) in [6, 6.07) is -1.50. The van der Waals surface area contributed by atoms with Gasteiger partial charge in [-0.05, 0) is 6.92 Å². The smallest absolute Gasteiger partial charge is 0.272 e. The van der Waals surface area contributed by atoms with Crippen LogP contribution in [0.25, 0.3) is 0 Å². The van der Waals surface area contributed by atoms with E-state index in [2.05, 4.69) is 5.32 Å². The second-order valence-electron chi connectivity index (χ2n) is 6.52. The minimum absolute atomic E-state index is 0.713. The number of aliphatic hydroxyl groups excluding tert-OH is 6. The maximum atomic E-state index is 12.0. The first-order chi connectivity index (χ1) is 12.9. The molecule has 1 amide bonds. The summed E-state index contributed by atoms with van der Waals surface area (Å²) in [6.45, 7) is 0.693. The van der Waals surface area contributed by atoms with Crippen LogP contribution in [0.3, 0.4) is 0 Å². The van der Waals surface area contributed by atoms with Gasteiger partial charge >= 0.3 is 0 Å². The van der Waals surface area contributed by atoms with Gasteiger partial charge in [-0.3, -0.25) is 4.79 Å². The summed E-state index contributed by atoms with van der Waals surface area (Å²) in [7, 11) is 0. The Bertz CT molecular complexity index is 552. The zero-order valence-electron chi connectivity index (χ0n) is 14.4. The molecule has 0 aromatic carbocycles. The average molecular weight is 471 g/mol. The lowest BCUT2D eigenvalue weighted by Gasteiger charge is -2.46. The standard InChI is InChI=1S/C14H22Cl3NO10/c1-3-6(20)8(22)9(23)12(26-3)28-10-5(18-13(25)14(15,16)17)11(24)27-4(2-19)7(10)21/h3-12,19-24H,2H2,1H3,(H,18,25)/t3-,4+,5+,6-,7+,8+,9+,10+,11?,12-/m0/s1. The molecule has 28 heavy (non-hydrogen) atoms. The summed E-state index contributed by atoms with van der Waals surface area (Å²) in [4.78, 5) is 12.0. The number of ether oxygens (including phenoxy) is 3. The fourth-order valence-electron chi connectivity index (χ4n) is 2.91. The number of alkyl halides is 3. The molecule has 2 saturated heterocycles. The second kappa shape index (κ2) is 9.41. The molecule has 10 atom stereocenters. The van der Waals surface area contributed by atoms with E-state index in [1.165, 1.54) is 6.92 Å².